The van der Waals surface area contributed by atoms with Gasteiger partial charge in [0.1, 0.15) is 5.75 Å². The minimum Gasteiger partial charge on any atom is -0.497 e. The lowest BCUT2D eigenvalue weighted by molar-refractivity contribution is 0.0955. The van der Waals surface area contributed by atoms with Crippen molar-refractivity contribution < 1.29 is 9.53 Å². The molecule has 0 spiro atoms. The molecule has 0 atom stereocenters. The summed E-state index contributed by atoms with van der Waals surface area (Å²) in [4.78, 5) is 13.5. The molecule has 0 heterocycles. The predicted octanol–water partition coefficient (Wildman–Crippen LogP) is 4.60. The molecular weight excluding hydrogens is 374 g/mol. The molecule has 1 amide bonds. The zero-order chi connectivity index (χ0) is 16.8. The number of benzene rings is 2. The molecule has 3 nitrogen and oxygen atoms in total. The van der Waals surface area contributed by atoms with Gasteiger partial charge in [0.2, 0.25) is 0 Å². The lowest BCUT2D eigenvalue weighted by Crippen LogP contribution is -2.26. The Morgan fingerprint density at radius 3 is 2.65 bits per heavy atom. The van der Waals surface area contributed by atoms with Crippen molar-refractivity contribution in [3.8, 4) is 5.75 Å². The highest BCUT2D eigenvalue weighted by atomic mass is 79.9. The van der Waals surface area contributed by atoms with Gasteiger partial charge < -0.3 is 10.1 Å². The Hall–Kier alpha value is -1.46. The second-order valence-electron chi connectivity index (χ2n) is 5.20. The molecule has 0 aromatic heterocycles. The van der Waals surface area contributed by atoms with Crippen LogP contribution < -0.4 is 10.1 Å². The number of halogens is 1. The van der Waals surface area contributed by atoms with Gasteiger partial charge in [0, 0.05) is 21.7 Å². The third kappa shape index (κ3) is 5.01. The van der Waals surface area contributed by atoms with Crippen LogP contribution in [0, 0.1) is 13.8 Å². The molecular formula is C18H20BrNO2S. The Kier molecular flexibility index (Phi) is 6.54. The molecule has 0 unspecified atom stereocenters. The van der Waals surface area contributed by atoms with Crippen LogP contribution in [-0.4, -0.2) is 25.3 Å². The molecule has 0 saturated heterocycles. The fourth-order valence-electron chi connectivity index (χ4n) is 2.04. The smallest absolute Gasteiger partial charge is 0.252 e. The Morgan fingerprint density at radius 1 is 1.17 bits per heavy atom. The summed E-state index contributed by atoms with van der Waals surface area (Å²) in [5.74, 6) is 1.40. The van der Waals surface area contributed by atoms with Gasteiger partial charge in [-0.15, -0.1) is 11.8 Å². The van der Waals surface area contributed by atoms with Gasteiger partial charge >= 0.3 is 0 Å². The third-order valence-corrected chi connectivity index (χ3v) is 5.24. The average molecular weight is 394 g/mol. The first-order valence-corrected chi connectivity index (χ1v) is 9.11. The van der Waals surface area contributed by atoms with Crippen molar-refractivity contribution in [3.63, 3.8) is 0 Å². The van der Waals surface area contributed by atoms with E-state index in [0.717, 1.165) is 10.2 Å². The normalized spacial score (nSPS) is 10.4. The zero-order valence-corrected chi connectivity index (χ0v) is 15.9. The van der Waals surface area contributed by atoms with Gasteiger partial charge in [-0.1, -0.05) is 6.07 Å². The van der Waals surface area contributed by atoms with Crippen LogP contribution in [0.15, 0.2) is 45.8 Å². The van der Waals surface area contributed by atoms with E-state index in [1.165, 1.54) is 16.0 Å². The maximum atomic E-state index is 12.2. The Labute approximate surface area is 149 Å². The van der Waals surface area contributed by atoms with E-state index in [1.54, 1.807) is 24.9 Å². The van der Waals surface area contributed by atoms with Gasteiger partial charge in [0.25, 0.3) is 5.91 Å². The molecule has 1 N–H and O–H groups in total. The monoisotopic (exact) mass is 393 g/mol. The summed E-state index contributed by atoms with van der Waals surface area (Å²) in [6, 6.07) is 11.8. The number of carbonyl (C=O) groups excluding carboxylic acids is 1. The van der Waals surface area contributed by atoms with E-state index in [0.29, 0.717) is 17.9 Å². The first-order valence-electron chi connectivity index (χ1n) is 7.33. The highest BCUT2D eigenvalue weighted by Gasteiger charge is 2.10. The molecule has 122 valence electrons. The Balaban J connectivity index is 1.86. The van der Waals surface area contributed by atoms with Crippen molar-refractivity contribution in [3.05, 3.63) is 57.6 Å². The lowest BCUT2D eigenvalue weighted by atomic mass is 10.1. The number of thioether (sulfide) groups is 1. The number of nitrogens with one attached hydrogen (secondary N) is 1. The van der Waals surface area contributed by atoms with Crippen LogP contribution in [0.1, 0.15) is 21.5 Å². The van der Waals surface area contributed by atoms with E-state index in [-0.39, 0.29) is 5.91 Å². The van der Waals surface area contributed by atoms with Crippen molar-refractivity contribution in [2.45, 2.75) is 18.7 Å². The minimum atomic E-state index is -0.100. The largest absolute Gasteiger partial charge is 0.497 e. The average Bonchev–Trinajstić information content (AvgIpc) is 2.55. The minimum absolute atomic E-state index is 0.100. The molecule has 2 aromatic rings. The van der Waals surface area contributed by atoms with Crippen molar-refractivity contribution in [1.29, 1.82) is 0 Å². The van der Waals surface area contributed by atoms with Crippen LogP contribution in [0.2, 0.25) is 0 Å². The summed E-state index contributed by atoms with van der Waals surface area (Å²) in [5, 5.41) is 2.94. The van der Waals surface area contributed by atoms with Crippen molar-refractivity contribution in [1.82, 2.24) is 5.32 Å². The summed E-state index contributed by atoms with van der Waals surface area (Å²) in [6.07, 6.45) is 0. The number of ether oxygens (including phenoxy) is 1. The van der Waals surface area contributed by atoms with Crippen LogP contribution in [0.4, 0.5) is 0 Å². The molecule has 0 aliphatic rings. The fraction of sp³-hybridized carbons (Fsp3) is 0.278. The molecule has 2 aromatic carbocycles. The third-order valence-electron chi connectivity index (χ3n) is 3.55. The van der Waals surface area contributed by atoms with E-state index >= 15 is 0 Å². The molecule has 0 radical (unpaired) electrons. The number of carbonyl (C=O) groups is 1. The Bertz CT molecular complexity index is 703. The maximum absolute atomic E-state index is 12.2. The SMILES string of the molecule is COc1ccc(Br)c(C(=O)NCCSc2ccc(C)c(C)c2)c1. The topological polar surface area (TPSA) is 38.3 Å². The molecule has 0 saturated carbocycles. The van der Waals surface area contributed by atoms with E-state index in [9.17, 15) is 4.79 Å². The summed E-state index contributed by atoms with van der Waals surface area (Å²) in [5.41, 5.74) is 3.17. The number of methoxy groups -OCH3 is 1. The van der Waals surface area contributed by atoms with Gasteiger partial charge in [0.15, 0.2) is 0 Å². The number of hydrogen-bond donors (Lipinski definition) is 1. The summed E-state index contributed by atoms with van der Waals surface area (Å²) in [7, 11) is 1.59. The van der Waals surface area contributed by atoms with Crippen LogP contribution >= 0.6 is 27.7 Å². The molecule has 23 heavy (non-hydrogen) atoms. The standard InChI is InChI=1S/C18H20BrNO2S/c1-12-4-6-15(10-13(12)2)23-9-8-20-18(21)16-11-14(22-3)5-7-17(16)19/h4-7,10-11H,8-9H2,1-3H3,(H,20,21). The number of amides is 1. The molecule has 2 rings (SSSR count). The second kappa shape index (κ2) is 8.41. The Morgan fingerprint density at radius 2 is 1.96 bits per heavy atom. The highest BCUT2D eigenvalue weighted by molar-refractivity contribution is 9.10. The second-order valence-corrected chi connectivity index (χ2v) is 7.22. The van der Waals surface area contributed by atoms with Crippen molar-refractivity contribution in [2.75, 3.05) is 19.4 Å². The quantitative estimate of drug-likeness (QED) is 0.575. The van der Waals surface area contributed by atoms with Crippen LogP contribution in [0.5, 0.6) is 5.75 Å². The zero-order valence-electron chi connectivity index (χ0n) is 13.5. The molecule has 0 fully saturated rings. The van der Waals surface area contributed by atoms with Gasteiger partial charge in [-0.25, -0.2) is 0 Å². The van der Waals surface area contributed by atoms with E-state index in [2.05, 4.69) is 53.3 Å². The molecule has 0 aliphatic carbocycles. The number of hydrogen-bond acceptors (Lipinski definition) is 3. The van der Waals surface area contributed by atoms with Crippen LogP contribution in [-0.2, 0) is 0 Å². The van der Waals surface area contributed by atoms with Crippen LogP contribution in [0.25, 0.3) is 0 Å². The van der Waals surface area contributed by atoms with Crippen LogP contribution in [0.3, 0.4) is 0 Å². The maximum Gasteiger partial charge on any atom is 0.252 e. The predicted molar refractivity (Wildman–Crippen MR) is 99.7 cm³/mol. The number of rotatable bonds is 6. The van der Waals surface area contributed by atoms with Crippen molar-refractivity contribution >= 4 is 33.6 Å². The first-order chi connectivity index (χ1) is 11.0. The van der Waals surface area contributed by atoms with E-state index < -0.39 is 0 Å². The van der Waals surface area contributed by atoms with Gasteiger partial charge in [-0.05, 0) is 71.2 Å². The van der Waals surface area contributed by atoms with E-state index in [4.69, 9.17) is 4.74 Å². The number of aryl methyl sites for hydroxylation is 2. The molecule has 0 bridgehead atoms. The summed E-state index contributed by atoms with van der Waals surface area (Å²) >= 11 is 5.14. The van der Waals surface area contributed by atoms with Gasteiger partial charge in [-0.3, -0.25) is 4.79 Å². The summed E-state index contributed by atoms with van der Waals surface area (Å²) < 4.78 is 5.92. The molecule has 5 heteroatoms. The summed E-state index contributed by atoms with van der Waals surface area (Å²) in [6.45, 7) is 4.83. The first kappa shape index (κ1) is 17.9. The van der Waals surface area contributed by atoms with Gasteiger partial charge in [-0.2, -0.15) is 0 Å². The lowest BCUT2D eigenvalue weighted by Gasteiger charge is -2.09. The van der Waals surface area contributed by atoms with Gasteiger partial charge in [0.05, 0.1) is 12.7 Å². The highest BCUT2D eigenvalue weighted by Crippen LogP contribution is 2.23. The fourth-order valence-corrected chi connectivity index (χ4v) is 3.33. The van der Waals surface area contributed by atoms with E-state index in [1.807, 2.05) is 12.1 Å². The van der Waals surface area contributed by atoms with Crippen molar-refractivity contribution in [2.24, 2.45) is 0 Å². The molecule has 0 aliphatic heterocycles.